The van der Waals surface area contributed by atoms with Gasteiger partial charge in [0, 0.05) is 6.04 Å². The van der Waals surface area contributed by atoms with E-state index in [9.17, 15) is 4.79 Å². The summed E-state index contributed by atoms with van der Waals surface area (Å²) in [5.41, 5.74) is -0.431. The van der Waals surface area contributed by atoms with Crippen molar-refractivity contribution in [1.82, 2.24) is 10.6 Å². The van der Waals surface area contributed by atoms with Crippen LogP contribution in [0.4, 0.5) is 4.79 Å². The smallest absolute Gasteiger partial charge is 0.407 e. The molecule has 0 spiro atoms. The molecular weight excluding hydrogens is 248 g/mol. The zero-order valence-electron chi connectivity index (χ0n) is 12.3. The van der Waals surface area contributed by atoms with E-state index in [-0.39, 0.29) is 12.1 Å². The van der Waals surface area contributed by atoms with Crippen LogP contribution in [0.1, 0.15) is 40.5 Å². The number of hydrogen-bond acceptors (Lipinski definition) is 4. The number of amides is 1. The summed E-state index contributed by atoms with van der Waals surface area (Å²) in [5, 5.41) is 6.20. The summed E-state index contributed by atoms with van der Waals surface area (Å²) >= 11 is 1.87. The summed E-state index contributed by atoms with van der Waals surface area (Å²) in [6, 6.07) is 0.132. The van der Waals surface area contributed by atoms with Crippen LogP contribution in [0.25, 0.3) is 0 Å². The Labute approximate surface area is 116 Å². The van der Waals surface area contributed by atoms with Crippen molar-refractivity contribution in [1.29, 1.82) is 0 Å². The third kappa shape index (κ3) is 12.0. The largest absolute Gasteiger partial charge is 0.444 e. The van der Waals surface area contributed by atoms with Crippen LogP contribution in [0.15, 0.2) is 0 Å². The first-order valence-corrected chi connectivity index (χ1v) is 7.93. The van der Waals surface area contributed by atoms with Gasteiger partial charge in [0.05, 0.1) is 0 Å². The first-order valence-electron chi connectivity index (χ1n) is 6.54. The number of carbonyl (C=O) groups excluding carboxylic acids is 1. The van der Waals surface area contributed by atoms with Crippen molar-refractivity contribution in [3.8, 4) is 0 Å². The van der Waals surface area contributed by atoms with Crippen LogP contribution >= 0.6 is 11.8 Å². The van der Waals surface area contributed by atoms with E-state index in [1.165, 1.54) is 12.2 Å². The minimum atomic E-state index is -0.431. The maximum absolute atomic E-state index is 11.5. The molecule has 0 radical (unpaired) electrons. The fourth-order valence-corrected chi connectivity index (χ4v) is 1.80. The van der Waals surface area contributed by atoms with Gasteiger partial charge in [0.2, 0.25) is 0 Å². The molecule has 108 valence electrons. The highest BCUT2D eigenvalue weighted by Crippen LogP contribution is 2.06. The lowest BCUT2D eigenvalue weighted by atomic mass is 10.2. The third-order valence-corrected chi connectivity index (χ3v) is 2.92. The van der Waals surface area contributed by atoms with Crippen LogP contribution in [-0.2, 0) is 4.74 Å². The molecule has 0 fully saturated rings. The van der Waals surface area contributed by atoms with Crippen molar-refractivity contribution in [3.05, 3.63) is 0 Å². The molecule has 0 rings (SSSR count). The van der Waals surface area contributed by atoms with Crippen LogP contribution in [0.3, 0.4) is 0 Å². The van der Waals surface area contributed by atoms with Crippen molar-refractivity contribution >= 4 is 17.9 Å². The van der Waals surface area contributed by atoms with E-state index in [2.05, 4.69) is 16.9 Å². The molecular formula is C13H28N2O2S. The summed E-state index contributed by atoms with van der Waals surface area (Å²) in [7, 11) is 0. The van der Waals surface area contributed by atoms with Gasteiger partial charge < -0.3 is 15.4 Å². The monoisotopic (exact) mass is 276 g/mol. The summed E-state index contributed by atoms with van der Waals surface area (Å²) < 4.78 is 5.19. The molecule has 0 aromatic carbocycles. The summed E-state index contributed by atoms with van der Waals surface area (Å²) in [5.74, 6) is 1.19. The first-order chi connectivity index (χ1) is 8.35. The van der Waals surface area contributed by atoms with E-state index in [1.54, 1.807) is 0 Å². The Morgan fingerprint density at radius 3 is 2.56 bits per heavy atom. The molecule has 0 bridgehead atoms. The lowest BCUT2D eigenvalue weighted by Gasteiger charge is -2.22. The molecule has 4 nitrogen and oxygen atoms in total. The topological polar surface area (TPSA) is 50.4 Å². The van der Waals surface area contributed by atoms with Crippen LogP contribution < -0.4 is 10.6 Å². The van der Waals surface area contributed by atoms with Crippen molar-refractivity contribution in [2.75, 3.05) is 25.1 Å². The molecule has 0 heterocycles. The Morgan fingerprint density at radius 2 is 2.00 bits per heavy atom. The summed E-state index contributed by atoms with van der Waals surface area (Å²) in [6.07, 6.45) is 3.89. The standard InChI is InChI=1S/C13H28N2O2S/c1-11(7-9-14-8-6-10-18-5)15-12(16)17-13(2,3)4/h11,14H,6-10H2,1-5H3,(H,15,16). The fourth-order valence-electron chi connectivity index (χ4n) is 1.37. The van der Waals surface area contributed by atoms with E-state index >= 15 is 0 Å². The lowest BCUT2D eigenvalue weighted by molar-refractivity contribution is 0.0506. The van der Waals surface area contributed by atoms with Gasteiger partial charge >= 0.3 is 6.09 Å². The van der Waals surface area contributed by atoms with Crippen LogP contribution in [0.2, 0.25) is 0 Å². The molecule has 0 saturated carbocycles. The van der Waals surface area contributed by atoms with Gasteiger partial charge in [-0.25, -0.2) is 4.79 Å². The van der Waals surface area contributed by atoms with Crippen molar-refractivity contribution in [2.45, 2.75) is 52.2 Å². The third-order valence-electron chi connectivity index (χ3n) is 2.22. The second kappa shape index (κ2) is 9.50. The average molecular weight is 276 g/mol. The lowest BCUT2D eigenvalue weighted by Crippen LogP contribution is -2.39. The van der Waals surface area contributed by atoms with Gasteiger partial charge in [-0.05, 0) is 65.6 Å². The van der Waals surface area contributed by atoms with Crippen LogP contribution in [0, 0.1) is 0 Å². The van der Waals surface area contributed by atoms with Crippen molar-refractivity contribution in [3.63, 3.8) is 0 Å². The van der Waals surface area contributed by atoms with Crippen molar-refractivity contribution < 1.29 is 9.53 Å². The van der Waals surface area contributed by atoms with Gasteiger partial charge in [-0.15, -0.1) is 0 Å². The molecule has 0 saturated heterocycles. The average Bonchev–Trinajstić information content (AvgIpc) is 2.20. The van der Waals surface area contributed by atoms with E-state index in [4.69, 9.17) is 4.74 Å². The molecule has 0 aliphatic carbocycles. The zero-order chi connectivity index (χ0) is 14.0. The molecule has 1 unspecified atom stereocenters. The molecule has 1 amide bonds. The second-order valence-electron chi connectivity index (χ2n) is 5.43. The summed E-state index contributed by atoms with van der Waals surface area (Å²) in [4.78, 5) is 11.5. The molecule has 1 atom stereocenters. The highest BCUT2D eigenvalue weighted by atomic mass is 32.2. The summed E-state index contributed by atoms with van der Waals surface area (Å²) in [6.45, 7) is 9.55. The van der Waals surface area contributed by atoms with Crippen molar-refractivity contribution in [2.24, 2.45) is 0 Å². The van der Waals surface area contributed by atoms with Crippen LogP contribution in [-0.4, -0.2) is 42.8 Å². The molecule has 0 aliphatic rings. The van der Waals surface area contributed by atoms with Gasteiger partial charge in [0.15, 0.2) is 0 Å². The molecule has 0 aromatic heterocycles. The van der Waals surface area contributed by atoms with E-state index in [0.29, 0.717) is 0 Å². The minimum Gasteiger partial charge on any atom is -0.444 e. The van der Waals surface area contributed by atoms with Crippen LogP contribution in [0.5, 0.6) is 0 Å². The number of thioether (sulfide) groups is 1. The van der Waals surface area contributed by atoms with Gasteiger partial charge in [-0.2, -0.15) is 11.8 Å². The predicted molar refractivity (Wildman–Crippen MR) is 79.3 cm³/mol. The minimum absolute atomic E-state index is 0.132. The SMILES string of the molecule is CSCCCNCCC(C)NC(=O)OC(C)(C)C. The normalized spacial score (nSPS) is 13.2. The Morgan fingerprint density at radius 1 is 1.33 bits per heavy atom. The highest BCUT2D eigenvalue weighted by molar-refractivity contribution is 7.98. The molecule has 5 heteroatoms. The fraction of sp³-hybridized carbons (Fsp3) is 0.923. The van der Waals surface area contributed by atoms with Gasteiger partial charge in [-0.1, -0.05) is 0 Å². The molecule has 0 aromatic rings. The van der Waals surface area contributed by atoms with Gasteiger partial charge in [-0.3, -0.25) is 0 Å². The number of rotatable bonds is 8. The Kier molecular flexibility index (Phi) is 9.28. The number of alkyl carbamates (subject to hydrolysis) is 1. The van der Waals surface area contributed by atoms with Gasteiger partial charge in [0.25, 0.3) is 0 Å². The van der Waals surface area contributed by atoms with E-state index in [1.807, 2.05) is 39.5 Å². The predicted octanol–water partition coefficient (Wildman–Crippen LogP) is 2.63. The molecule has 18 heavy (non-hydrogen) atoms. The van der Waals surface area contributed by atoms with Gasteiger partial charge in [0.1, 0.15) is 5.60 Å². The highest BCUT2D eigenvalue weighted by Gasteiger charge is 2.17. The number of carbonyl (C=O) groups is 1. The number of hydrogen-bond donors (Lipinski definition) is 2. The number of ether oxygens (including phenoxy) is 1. The van der Waals surface area contributed by atoms with E-state index in [0.717, 1.165) is 19.5 Å². The zero-order valence-corrected chi connectivity index (χ0v) is 13.2. The number of nitrogens with one attached hydrogen (secondary N) is 2. The first kappa shape index (κ1) is 17.6. The quantitative estimate of drug-likeness (QED) is 0.669. The van der Waals surface area contributed by atoms with E-state index < -0.39 is 5.60 Å². The second-order valence-corrected chi connectivity index (χ2v) is 6.42. The Hall–Kier alpha value is -0.420. The molecule has 0 aliphatic heterocycles. The Bertz CT molecular complexity index is 230. The maximum Gasteiger partial charge on any atom is 0.407 e. The maximum atomic E-state index is 11.5. The Balaban J connectivity index is 3.53. The molecule has 2 N–H and O–H groups in total.